The minimum Gasteiger partial charge on any atom is -0.298 e. The molecular weight excluding hydrogens is 198 g/mol. The van der Waals surface area contributed by atoms with E-state index < -0.39 is 8.07 Å². The van der Waals surface area contributed by atoms with Gasteiger partial charge in [0.25, 0.3) is 0 Å². The van der Waals surface area contributed by atoms with Gasteiger partial charge in [0.05, 0.1) is 8.07 Å². The lowest BCUT2D eigenvalue weighted by atomic mass is 10.2. The standard InChI is InChI=1S/C13H29NSi/c1-9-13(15(7,8)10-2)14(11(3)4)12(5)6/h10-13H,2,9H2,1,3-8H3. The van der Waals surface area contributed by atoms with Gasteiger partial charge in [0.15, 0.2) is 0 Å². The molecule has 0 spiro atoms. The molecule has 1 nitrogen and oxygen atoms in total. The average molecular weight is 227 g/mol. The van der Waals surface area contributed by atoms with Crippen LogP contribution in [0.5, 0.6) is 0 Å². The van der Waals surface area contributed by atoms with E-state index in [1.807, 2.05) is 0 Å². The highest BCUT2D eigenvalue weighted by Gasteiger charge is 2.34. The molecule has 0 saturated carbocycles. The van der Waals surface area contributed by atoms with E-state index in [-0.39, 0.29) is 0 Å². The van der Waals surface area contributed by atoms with Crippen LogP contribution < -0.4 is 0 Å². The monoisotopic (exact) mass is 227 g/mol. The van der Waals surface area contributed by atoms with Crippen LogP contribution in [0.1, 0.15) is 41.0 Å². The molecule has 15 heavy (non-hydrogen) atoms. The maximum absolute atomic E-state index is 4.04. The zero-order valence-electron chi connectivity index (χ0n) is 11.7. The first-order valence-electron chi connectivity index (χ1n) is 6.18. The Labute approximate surface area is 97.6 Å². The summed E-state index contributed by atoms with van der Waals surface area (Å²) < 4.78 is 0. The fraction of sp³-hybridized carbons (Fsp3) is 0.846. The van der Waals surface area contributed by atoms with Crippen molar-refractivity contribution in [2.24, 2.45) is 0 Å². The molecule has 0 fully saturated rings. The largest absolute Gasteiger partial charge is 0.298 e. The van der Waals surface area contributed by atoms with Crippen LogP contribution in [0.4, 0.5) is 0 Å². The molecule has 1 unspecified atom stereocenters. The molecule has 0 heterocycles. The Morgan fingerprint density at radius 3 is 1.73 bits per heavy atom. The van der Waals surface area contributed by atoms with Crippen molar-refractivity contribution < 1.29 is 0 Å². The maximum atomic E-state index is 4.04. The first kappa shape index (κ1) is 14.9. The molecule has 0 amide bonds. The third kappa shape index (κ3) is 3.76. The maximum Gasteiger partial charge on any atom is 0.0893 e. The van der Waals surface area contributed by atoms with Crippen LogP contribution in [0.2, 0.25) is 13.1 Å². The van der Waals surface area contributed by atoms with Crippen LogP contribution in [0.15, 0.2) is 12.3 Å². The van der Waals surface area contributed by atoms with Crippen molar-refractivity contribution in [3.05, 3.63) is 12.3 Å². The van der Waals surface area contributed by atoms with E-state index >= 15 is 0 Å². The summed E-state index contributed by atoms with van der Waals surface area (Å²) in [5.41, 5.74) is 2.95. The Morgan fingerprint density at radius 1 is 1.13 bits per heavy atom. The normalized spacial score (nSPS) is 15.1. The van der Waals surface area contributed by atoms with Gasteiger partial charge in [-0.3, -0.25) is 4.90 Å². The van der Waals surface area contributed by atoms with Gasteiger partial charge in [0.1, 0.15) is 0 Å². The second kappa shape index (κ2) is 5.85. The second-order valence-corrected chi connectivity index (χ2v) is 10.3. The summed E-state index contributed by atoms with van der Waals surface area (Å²) in [7, 11) is -1.31. The summed E-state index contributed by atoms with van der Waals surface area (Å²) in [6.45, 7) is 20.4. The molecule has 90 valence electrons. The van der Waals surface area contributed by atoms with Gasteiger partial charge in [-0.15, -0.1) is 12.3 Å². The van der Waals surface area contributed by atoms with Gasteiger partial charge in [-0.25, -0.2) is 0 Å². The van der Waals surface area contributed by atoms with E-state index in [4.69, 9.17) is 0 Å². The van der Waals surface area contributed by atoms with Crippen molar-refractivity contribution in [1.82, 2.24) is 4.90 Å². The molecule has 0 saturated heterocycles. The highest BCUT2D eigenvalue weighted by molar-refractivity contribution is 6.83. The fourth-order valence-corrected chi connectivity index (χ4v) is 5.26. The highest BCUT2D eigenvalue weighted by atomic mass is 28.3. The van der Waals surface area contributed by atoms with Crippen LogP contribution in [0.25, 0.3) is 0 Å². The van der Waals surface area contributed by atoms with E-state index in [2.05, 4.69) is 64.9 Å². The predicted octanol–water partition coefficient (Wildman–Crippen LogP) is 3.86. The van der Waals surface area contributed by atoms with Gasteiger partial charge in [-0.2, -0.15) is 0 Å². The lowest BCUT2D eigenvalue weighted by Crippen LogP contribution is -2.56. The van der Waals surface area contributed by atoms with Crippen LogP contribution in [-0.2, 0) is 0 Å². The van der Waals surface area contributed by atoms with E-state index in [1.165, 1.54) is 6.42 Å². The molecule has 1 atom stereocenters. The average Bonchev–Trinajstić information content (AvgIpc) is 2.12. The molecule has 0 radical (unpaired) electrons. The Hall–Kier alpha value is -0.0831. The van der Waals surface area contributed by atoms with Gasteiger partial charge in [-0.05, 0) is 34.1 Å². The predicted molar refractivity (Wildman–Crippen MR) is 73.9 cm³/mol. The van der Waals surface area contributed by atoms with Crippen molar-refractivity contribution in [2.75, 3.05) is 0 Å². The minimum atomic E-state index is -1.31. The summed E-state index contributed by atoms with van der Waals surface area (Å²) in [5, 5.41) is 0. The molecule has 0 aliphatic rings. The minimum absolute atomic E-state index is 0.627. The molecule has 0 aromatic rings. The Balaban J connectivity index is 4.98. The number of rotatable bonds is 6. The quantitative estimate of drug-likeness (QED) is 0.623. The Bertz CT molecular complexity index is 189. The summed E-state index contributed by atoms with van der Waals surface area (Å²) in [6, 6.07) is 1.25. The second-order valence-electron chi connectivity index (χ2n) is 5.58. The summed E-state index contributed by atoms with van der Waals surface area (Å²) in [4.78, 5) is 2.66. The van der Waals surface area contributed by atoms with Gasteiger partial charge in [-0.1, -0.05) is 20.0 Å². The van der Waals surface area contributed by atoms with Crippen molar-refractivity contribution >= 4 is 8.07 Å². The van der Waals surface area contributed by atoms with E-state index in [0.29, 0.717) is 12.1 Å². The number of nitrogens with zero attached hydrogens (tertiary/aromatic N) is 1. The van der Waals surface area contributed by atoms with E-state index in [1.54, 1.807) is 0 Å². The molecule has 0 aliphatic carbocycles. The Morgan fingerprint density at radius 2 is 1.53 bits per heavy atom. The van der Waals surface area contributed by atoms with Crippen molar-refractivity contribution in [1.29, 1.82) is 0 Å². The smallest absolute Gasteiger partial charge is 0.0893 e. The molecule has 2 heteroatoms. The molecule has 0 aromatic heterocycles. The van der Waals surface area contributed by atoms with Crippen LogP contribution in [-0.4, -0.2) is 30.7 Å². The molecule has 0 aliphatic heterocycles. The lowest BCUT2D eigenvalue weighted by Gasteiger charge is -2.44. The number of hydrogen-bond acceptors (Lipinski definition) is 1. The molecule has 0 N–H and O–H groups in total. The van der Waals surface area contributed by atoms with E-state index in [0.717, 1.165) is 5.67 Å². The SMILES string of the molecule is C=C[Si](C)(C)C(CC)N(C(C)C)C(C)C. The van der Waals surface area contributed by atoms with Crippen LogP contribution in [0, 0.1) is 0 Å². The van der Waals surface area contributed by atoms with Crippen molar-refractivity contribution in [3.63, 3.8) is 0 Å². The molecule has 0 aromatic carbocycles. The van der Waals surface area contributed by atoms with Gasteiger partial charge in [0, 0.05) is 17.7 Å². The Kier molecular flexibility index (Phi) is 5.82. The summed E-state index contributed by atoms with van der Waals surface area (Å²) >= 11 is 0. The van der Waals surface area contributed by atoms with Crippen molar-refractivity contribution in [3.8, 4) is 0 Å². The van der Waals surface area contributed by atoms with Gasteiger partial charge in [0.2, 0.25) is 0 Å². The van der Waals surface area contributed by atoms with Crippen molar-refractivity contribution in [2.45, 2.75) is 71.9 Å². The zero-order chi connectivity index (χ0) is 12.2. The topological polar surface area (TPSA) is 3.24 Å². The summed E-state index contributed by atoms with van der Waals surface area (Å²) in [5.74, 6) is 0. The lowest BCUT2D eigenvalue weighted by molar-refractivity contribution is 0.147. The molecular formula is C13H29NSi. The van der Waals surface area contributed by atoms with Gasteiger partial charge < -0.3 is 0 Å². The fourth-order valence-electron chi connectivity index (χ4n) is 2.57. The number of hydrogen-bond donors (Lipinski definition) is 0. The third-order valence-electron chi connectivity index (χ3n) is 3.32. The van der Waals surface area contributed by atoms with Crippen LogP contribution >= 0.6 is 0 Å². The zero-order valence-corrected chi connectivity index (χ0v) is 12.7. The van der Waals surface area contributed by atoms with Gasteiger partial charge >= 0.3 is 0 Å². The molecule has 0 bridgehead atoms. The molecule has 0 rings (SSSR count). The first-order valence-corrected chi connectivity index (χ1v) is 9.34. The van der Waals surface area contributed by atoms with Crippen LogP contribution in [0.3, 0.4) is 0 Å². The highest BCUT2D eigenvalue weighted by Crippen LogP contribution is 2.23. The first-order chi connectivity index (χ1) is 6.77. The third-order valence-corrected chi connectivity index (χ3v) is 6.80. The van der Waals surface area contributed by atoms with E-state index in [9.17, 15) is 0 Å². The summed E-state index contributed by atoms with van der Waals surface area (Å²) in [6.07, 6.45) is 1.24.